The summed E-state index contributed by atoms with van der Waals surface area (Å²) in [4.78, 5) is 12.1. The Morgan fingerprint density at radius 1 is 0.952 bits per heavy atom. The molecular weight excluding hydrogens is 260 g/mol. The summed E-state index contributed by atoms with van der Waals surface area (Å²) in [5.41, 5.74) is 6.28. The van der Waals surface area contributed by atoms with Gasteiger partial charge in [-0.25, -0.2) is 5.43 Å². The van der Waals surface area contributed by atoms with E-state index in [9.17, 15) is 4.79 Å². The maximum Gasteiger partial charge on any atom is 0.271 e. The van der Waals surface area contributed by atoms with Gasteiger partial charge in [0.05, 0.1) is 5.71 Å². The third-order valence-corrected chi connectivity index (χ3v) is 3.21. The second-order valence-electron chi connectivity index (χ2n) is 5.32. The monoisotopic (exact) mass is 280 g/mol. The van der Waals surface area contributed by atoms with Crippen LogP contribution in [0.5, 0.6) is 0 Å². The summed E-state index contributed by atoms with van der Waals surface area (Å²) in [6.07, 6.45) is 0. The Balaban J connectivity index is 2.17. The molecule has 0 unspecified atom stereocenters. The van der Waals surface area contributed by atoms with Crippen LogP contribution in [0.25, 0.3) is 0 Å². The molecule has 0 aromatic heterocycles. The molecule has 0 radical (unpaired) electrons. The van der Waals surface area contributed by atoms with Crippen LogP contribution in [0.4, 0.5) is 0 Å². The van der Waals surface area contributed by atoms with Gasteiger partial charge in [0.2, 0.25) is 0 Å². The first-order valence-electron chi connectivity index (χ1n) is 7.08. The zero-order chi connectivity index (χ0) is 15.2. The topological polar surface area (TPSA) is 41.5 Å². The summed E-state index contributed by atoms with van der Waals surface area (Å²) >= 11 is 0. The van der Waals surface area contributed by atoms with Gasteiger partial charge in [0.25, 0.3) is 5.91 Å². The Kier molecular flexibility index (Phi) is 4.88. The van der Waals surface area contributed by atoms with Gasteiger partial charge in [0.15, 0.2) is 0 Å². The SMILES string of the molecule is Cc1ccc(C(=O)NN=C(c2ccccc2)C(C)C)cc1. The van der Waals surface area contributed by atoms with Crippen molar-refractivity contribution < 1.29 is 4.79 Å². The Hall–Kier alpha value is -2.42. The fourth-order valence-electron chi connectivity index (χ4n) is 2.02. The molecule has 1 amide bonds. The van der Waals surface area contributed by atoms with Crippen LogP contribution in [0.1, 0.15) is 35.3 Å². The molecule has 0 heterocycles. The molecule has 3 nitrogen and oxygen atoms in total. The molecule has 0 aliphatic heterocycles. The molecule has 1 N–H and O–H groups in total. The maximum absolute atomic E-state index is 12.1. The van der Waals surface area contributed by atoms with Crippen molar-refractivity contribution in [3.8, 4) is 0 Å². The van der Waals surface area contributed by atoms with Crippen LogP contribution >= 0.6 is 0 Å². The standard InChI is InChI=1S/C18H20N2O/c1-13(2)17(15-7-5-4-6-8-15)19-20-18(21)16-11-9-14(3)10-12-16/h4-13H,1-3H3,(H,20,21). The Morgan fingerprint density at radius 2 is 1.57 bits per heavy atom. The molecule has 0 aliphatic rings. The van der Waals surface area contributed by atoms with E-state index in [1.165, 1.54) is 0 Å². The molecule has 0 aliphatic carbocycles. The van der Waals surface area contributed by atoms with Crippen molar-refractivity contribution >= 4 is 11.6 Å². The third-order valence-electron chi connectivity index (χ3n) is 3.21. The number of carbonyl (C=O) groups is 1. The first-order valence-corrected chi connectivity index (χ1v) is 7.08. The molecular formula is C18H20N2O. The van der Waals surface area contributed by atoms with E-state index in [0.717, 1.165) is 16.8 Å². The zero-order valence-electron chi connectivity index (χ0n) is 12.6. The number of aryl methyl sites for hydroxylation is 1. The van der Waals surface area contributed by atoms with Crippen LogP contribution in [0, 0.1) is 12.8 Å². The third kappa shape index (κ3) is 4.02. The number of hydrogen-bond donors (Lipinski definition) is 1. The van der Waals surface area contributed by atoms with E-state index in [-0.39, 0.29) is 11.8 Å². The summed E-state index contributed by atoms with van der Waals surface area (Å²) in [6, 6.07) is 17.3. The number of hydrogen-bond acceptors (Lipinski definition) is 2. The van der Waals surface area contributed by atoms with Gasteiger partial charge in [-0.05, 0) is 30.5 Å². The van der Waals surface area contributed by atoms with Crippen molar-refractivity contribution in [2.75, 3.05) is 0 Å². The van der Waals surface area contributed by atoms with Gasteiger partial charge in [-0.2, -0.15) is 5.10 Å². The Labute approximate surface area is 125 Å². The summed E-state index contributed by atoms with van der Waals surface area (Å²) in [5, 5.41) is 4.31. The molecule has 2 rings (SSSR count). The van der Waals surface area contributed by atoms with Crippen LogP contribution in [0.15, 0.2) is 59.7 Å². The molecule has 108 valence electrons. The summed E-state index contributed by atoms with van der Waals surface area (Å²) < 4.78 is 0. The summed E-state index contributed by atoms with van der Waals surface area (Å²) in [7, 11) is 0. The first-order chi connectivity index (χ1) is 10.1. The lowest BCUT2D eigenvalue weighted by atomic mass is 10.0. The predicted molar refractivity (Wildman–Crippen MR) is 86.5 cm³/mol. The normalized spacial score (nSPS) is 11.5. The average molecular weight is 280 g/mol. The van der Waals surface area contributed by atoms with Gasteiger partial charge in [-0.15, -0.1) is 0 Å². The van der Waals surface area contributed by atoms with Gasteiger partial charge in [-0.1, -0.05) is 61.9 Å². The smallest absolute Gasteiger partial charge is 0.267 e. The van der Waals surface area contributed by atoms with Crippen molar-refractivity contribution in [3.63, 3.8) is 0 Å². The van der Waals surface area contributed by atoms with E-state index in [0.29, 0.717) is 5.56 Å². The van der Waals surface area contributed by atoms with E-state index in [1.807, 2.05) is 49.4 Å². The van der Waals surface area contributed by atoms with Crippen LogP contribution < -0.4 is 5.43 Å². The molecule has 0 saturated heterocycles. The highest BCUT2D eigenvalue weighted by Crippen LogP contribution is 2.09. The maximum atomic E-state index is 12.1. The molecule has 0 fully saturated rings. The lowest BCUT2D eigenvalue weighted by Crippen LogP contribution is -2.22. The van der Waals surface area contributed by atoms with Crippen LogP contribution in [-0.4, -0.2) is 11.6 Å². The second kappa shape index (κ2) is 6.84. The lowest BCUT2D eigenvalue weighted by Gasteiger charge is -2.10. The van der Waals surface area contributed by atoms with Gasteiger partial charge in [0.1, 0.15) is 0 Å². The van der Waals surface area contributed by atoms with Gasteiger partial charge in [0, 0.05) is 5.56 Å². The predicted octanol–water partition coefficient (Wildman–Crippen LogP) is 3.79. The van der Waals surface area contributed by atoms with Gasteiger partial charge >= 0.3 is 0 Å². The molecule has 3 heteroatoms. The highest BCUT2D eigenvalue weighted by molar-refractivity contribution is 6.03. The minimum atomic E-state index is -0.191. The number of amides is 1. The van der Waals surface area contributed by atoms with E-state index >= 15 is 0 Å². The molecule has 0 bridgehead atoms. The quantitative estimate of drug-likeness (QED) is 0.672. The highest BCUT2D eigenvalue weighted by atomic mass is 16.2. The number of nitrogens with one attached hydrogen (secondary N) is 1. The number of nitrogens with zero attached hydrogens (tertiary/aromatic N) is 1. The number of rotatable bonds is 4. The van der Waals surface area contributed by atoms with Crippen molar-refractivity contribution in [2.24, 2.45) is 11.0 Å². The highest BCUT2D eigenvalue weighted by Gasteiger charge is 2.10. The molecule has 2 aromatic carbocycles. The Morgan fingerprint density at radius 3 is 2.14 bits per heavy atom. The molecule has 2 aromatic rings. The number of benzene rings is 2. The minimum absolute atomic E-state index is 0.191. The van der Waals surface area contributed by atoms with Gasteiger partial charge in [-0.3, -0.25) is 4.79 Å². The fraction of sp³-hybridized carbons (Fsp3) is 0.222. The van der Waals surface area contributed by atoms with Crippen molar-refractivity contribution in [1.82, 2.24) is 5.43 Å². The van der Waals surface area contributed by atoms with Crippen molar-refractivity contribution in [1.29, 1.82) is 0 Å². The van der Waals surface area contributed by atoms with Crippen LogP contribution in [-0.2, 0) is 0 Å². The fourth-order valence-corrected chi connectivity index (χ4v) is 2.02. The Bertz CT molecular complexity index is 628. The van der Waals surface area contributed by atoms with Crippen molar-refractivity contribution in [3.05, 3.63) is 71.3 Å². The summed E-state index contributed by atoms with van der Waals surface area (Å²) in [5.74, 6) is 0.0369. The average Bonchev–Trinajstić information content (AvgIpc) is 2.48. The molecule has 0 atom stereocenters. The second-order valence-corrected chi connectivity index (χ2v) is 5.32. The van der Waals surface area contributed by atoms with Crippen LogP contribution in [0.2, 0.25) is 0 Å². The first kappa shape index (κ1) is 15.0. The van der Waals surface area contributed by atoms with Crippen molar-refractivity contribution in [2.45, 2.75) is 20.8 Å². The van der Waals surface area contributed by atoms with Gasteiger partial charge < -0.3 is 0 Å². The lowest BCUT2D eigenvalue weighted by molar-refractivity contribution is 0.0954. The van der Waals surface area contributed by atoms with E-state index < -0.39 is 0 Å². The number of hydrazone groups is 1. The molecule has 0 spiro atoms. The largest absolute Gasteiger partial charge is 0.271 e. The molecule has 0 saturated carbocycles. The summed E-state index contributed by atoms with van der Waals surface area (Å²) in [6.45, 7) is 6.11. The minimum Gasteiger partial charge on any atom is -0.267 e. The van der Waals surface area contributed by atoms with E-state index in [2.05, 4.69) is 24.4 Å². The van der Waals surface area contributed by atoms with E-state index in [4.69, 9.17) is 0 Å². The van der Waals surface area contributed by atoms with E-state index in [1.54, 1.807) is 12.1 Å². The molecule has 21 heavy (non-hydrogen) atoms. The number of carbonyl (C=O) groups excluding carboxylic acids is 1. The zero-order valence-corrected chi connectivity index (χ0v) is 12.6. The van der Waals surface area contributed by atoms with Crippen LogP contribution in [0.3, 0.4) is 0 Å².